The quantitative estimate of drug-likeness (QED) is 0.845. The first-order valence-corrected chi connectivity index (χ1v) is 6.87. The number of benzene rings is 2. The normalized spacial score (nSPS) is 13.9. The molecule has 0 atom stereocenters. The summed E-state index contributed by atoms with van der Waals surface area (Å²) in [4.78, 5) is 14.3. The van der Waals surface area contributed by atoms with Crippen molar-refractivity contribution in [3.8, 4) is 0 Å². The summed E-state index contributed by atoms with van der Waals surface area (Å²) in [5.74, 6) is 0.488. The van der Waals surface area contributed by atoms with Crippen molar-refractivity contribution in [2.24, 2.45) is 0 Å². The maximum atomic E-state index is 12.5. The molecule has 20 heavy (non-hydrogen) atoms. The van der Waals surface area contributed by atoms with Gasteiger partial charge in [-0.15, -0.1) is 0 Å². The minimum Gasteiger partial charge on any atom is -0.398 e. The second kappa shape index (κ2) is 4.67. The van der Waals surface area contributed by atoms with Gasteiger partial charge in [0.1, 0.15) is 0 Å². The molecule has 2 N–H and O–H groups in total. The van der Waals surface area contributed by atoms with Crippen LogP contribution in [0.5, 0.6) is 0 Å². The fraction of sp³-hybridized carbons (Fsp3) is 0.235. The summed E-state index contributed by atoms with van der Waals surface area (Å²) in [6.07, 6.45) is 0. The third-order valence-corrected chi connectivity index (χ3v) is 3.84. The molecule has 2 aromatic rings. The summed E-state index contributed by atoms with van der Waals surface area (Å²) in [7, 11) is 0. The Morgan fingerprint density at radius 3 is 2.40 bits per heavy atom. The van der Waals surface area contributed by atoms with Gasteiger partial charge in [-0.2, -0.15) is 0 Å². The molecule has 0 aliphatic carbocycles. The molecule has 1 heterocycles. The van der Waals surface area contributed by atoms with Gasteiger partial charge in [0, 0.05) is 11.4 Å². The highest BCUT2D eigenvalue weighted by Gasteiger charge is 2.30. The van der Waals surface area contributed by atoms with Gasteiger partial charge in [0.05, 0.1) is 12.1 Å². The van der Waals surface area contributed by atoms with Gasteiger partial charge < -0.3 is 10.6 Å². The van der Waals surface area contributed by atoms with Gasteiger partial charge in [0.2, 0.25) is 0 Å². The van der Waals surface area contributed by atoms with E-state index in [9.17, 15) is 4.79 Å². The Hall–Kier alpha value is -2.29. The minimum atomic E-state index is -0.00426. The van der Waals surface area contributed by atoms with Crippen LogP contribution >= 0.6 is 0 Å². The molecule has 0 unspecified atom stereocenters. The first kappa shape index (κ1) is 12.7. The summed E-state index contributed by atoms with van der Waals surface area (Å²) in [6, 6.07) is 13.8. The standard InChI is InChI=1S/C17H18N2O/c1-11(2)12-6-8-14(9-7-12)19-10-13-4-3-5-15(18)16(13)17(19)20/h3-9,11H,10,18H2,1-2H3. The third kappa shape index (κ3) is 1.95. The number of fused-ring (bicyclic) bond motifs is 1. The number of rotatable bonds is 2. The lowest BCUT2D eigenvalue weighted by Gasteiger charge is -2.17. The first-order valence-electron chi connectivity index (χ1n) is 6.87. The van der Waals surface area contributed by atoms with Crippen LogP contribution in [0.3, 0.4) is 0 Å². The monoisotopic (exact) mass is 266 g/mol. The van der Waals surface area contributed by atoms with Crippen LogP contribution in [-0.4, -0.2) is 5.91 Å². The lowest BCUT2D eigenvalue weighted by atomic mass is 10.0. The molecule has 0 radical (unpaired) electrons. The Labute approximate surface area is 119 Å². The molecule has 0 fully saturated rings. The fourth-order valence-corrected chi connectivity index (χ4v) is 2.64. The van der Waals surface area contributed by atoms with Crippen molar-refractivity contribution in [2.75, 3.05) is 10.6 Å². The molecular formula is C17H18N2O. The van der Waals surface area contributed by atoms with Crippen LogP contribution in [-0.2, 0) is 6.54 Å². The van der Waals surface area contributed by atoms with Crippen LogP contribution in [0.2, 0.25) is 0 Å². The zero-order valence-corrected chi connectivity index (χ0v) is 11.8. The number of hydrogen-bond acceptors (Lipinski definition) is 2. The summed E-state index contributed by atoms with van der Waals surface area (Å²) in [5.41, 5.74) is 10.3. The molecule has 3 nitrogen and oxygen atoms in total. The number of anilines is 2. The zero-order chi connectivity index (χ0) is 14.3. The van der Waals surface area contributed by atoms with E-state index in [2.05, 4.69) is 26.0 Å². The molecule has 102 valence electrons. The van der Waals surface area contributed by atoms with E-state index in [1.54, 1.807) is 11.0 Å². The van der Waals surface area contributed by atoms with Crippen LogP contribution in [0.25, 0.3) is 0 Å². The molecule has 1 aliphatic rings. The Kier molecular flexibility index (Phi) is 2.97. The van der Waals surface area contributed by atoms with E-state index in [0.717, 1.165) is 11.3 Å². The maximum absolute atomic E-state index is 12.5. The Bertz CT molecular complexity index is 659. The van der Waals surface area contributed by atoms with Crippen LogP contribution < -0.4 is 10.6 Å². The number of hydrogen-bond donors (Lipinski definition) is 1. The highest BCUT2D eigenvalue weighted by molar-refractivity contribution is 6.13. The molecule has 1 aliphatic heterocycles. The number of carbonyl (C=O) groups is 1. The number of nitrogens with two attached hydrogens (primary N) is 1. The largest absolute Gasteiger partial charge is 0.398 e. The lowest BCUT2D eigenvalue weighted by Crippen LogP contribution is -2.23. The topological polar surface area (TPSA) is 46.3 Å². The summed E-state index contributed by atoms with van der Waals surface area (Å²) in [5, 5.41) is 0. The van der Waals surface area contributed by atoms with Gasteiger partial charge in [0.15, 0.2) is 0 Å². The van der Waals surface area contributed by atoms with Crippen molar-refractivity contribution in [2.45, 2.75) is 26.3 Å². The predicted molar refractivity (Wildman–Crippen MR) is 81.9 cm³/mol. The second-order valence-corrected chi connectivity index (χ2v) is 5.52. The summed E-state index contributed by atoms with van der Waals surface area (Å²) in [6.45, 7) is 4.92. The number of nitrogens with zero attached hydrogens (tertiary/aromatic N) is 1. The van der Waals surface area contributed by atoms with Gasteiger partial charge in [-0.3, -0.25) is 4.79 Å². The molecule has 0 saturated carbocycles. The lowest BCUT2D eigenvalue weighted by molar-refractivity contribution is 0.0997. The minimum absolute atomic E-state index is 0.00426. The van der Waals surface area contributed by atoms with E-state index in [0.29, 0.717) is 23.7 Å². The highest BCUT2D eigenvalue weighted by atomic mass is 16.2. The Morgan fingerprint density at radius 2 is 1.80 bits per heavy atom. The van der Waals surface area contributed by atoms with Gasteiger partial charge in [-0.1, -0.05) is 38.1 Å². The zero-order valence-electron chi connectivity index (χ0n) is 11.8. The van der Waals surface area contributed by atoms with Gasteiger partial charge in [-0.05, 0) is 35.2 Å². The van der Waals surface area contributed by atoms with Gasteiger partial charge >= 0.3 is 0 Å². The van der Waals surface area contributed by atoms with Crippen molar-refractivity contribution >= 4 is 17.3 Å². The molecule has 3 rings (SSSR count). The van der Waals surface area contributed by atoms with Gasteiger partial charge in [0.25, 0.3) is 5.91 Å². The number of carbonyl (C=O) groups excluding carboxylic acids is 1. The van der Waals surface area contributed by atoms with Crippen LogP contribution in [0.1, 0.15) is 41.3 Å². The van der Waals surface area contributed by atoms with E-state index in [1.807, 2.05) is 24.3 Å². The second-order valence-electron chi connectivity index (χ2n) is 5.52. The Morgan fingerprint density at radius 1 is 1.10 bits per heavy atom. The molecule has 0 saturated heterocycles. The smallest absolute Gasteiger partial charge is 0.261 e. The fourth-order valence-electron chi connectivity index (χ4n) is 2.64. The van der Waals surface area contributed by atoms with Crippen molar-refractivity contribution in [1.82, 2.24) is 0 Å². The number of amides is 1. The average Bonchev–Trinajstić information content (AvgIpc) is 2.77. The van der Waals surface area contributed by atoms with Crippen LogP contribution in [0.4, 0.5) is 11.4 Å². The molecule has 0 aromatic heterocycles. The maximum Gasteiger partial charge on any atom is 0.261 e. The Balaban J connectivity index is 1.94. The first-order chi connectivity index (χ1) is 9.58. The third-order valence-electron chi connectivity index (χ3n) is 3.84. The van der Waals surface area contributed by atoms with Crippen molar-refractivity contribution in [3.63, 3.8) is 0 Å². The molecule has 0 spiro atoms. The SMILES string of the molecule is CC(C)c1ccc(N2Cc3cccc(N)c3C2=O)cc1. The average molecular weight is 266 g/mol. The van der Waals surface area contributed by atoms with Crippen LogP contribution in [0, 0.1) is 0 Å². The summed E-state index contributed by atoms with van der Waals surface area (Å²) < 4.78 is 0. The molecule has 0 bridgehead atoms. The van der Waals surface area contributed by atoms with Crippen molar-refractivity contribution in [3.05, 3.63) is 59.2 Å². The van der Waals surface area contributed by atoms with E-state index in [4.69, 9.17) is 5.73 Å². The van der Waals surface area contributed by atoms with E-state index in [1.165, 1.54) is 5.56 Å². The van der Waals surface area contributed by atoms with E-state index in [-0.39, 0.29) is 5.91 Å². The summed E-state index contributed by atoms with van der Waals surface area (Å²) >= 11 is 0. The highest BCUT2D eigenvalue weighted by Crippen LogP contribution is 2.32. The van der Waals surface area contributed by atoms with Crippen molar-refractivity contribution in [1.29, 1.82) is 0 Å². The number of nitrogen functional groups attached to an aromatic ring is 1. The predicted octanol–water partition coefficient (Wildman–Crippen LogP) is 3.55. The van der Waals surface area contributed by atoms with Crippen LogP contribution in [0.15, 0.2) is 42.5 Å². The molecular weight excluding hydrogens is 248 g/mol. The molecule has 3 heteroatoms. The molecule has 2 aromatic carbocycles. The van der Waals surface area contributed by atoms with E-state index < -0.39 is 0 Å². The van der Waals surface area contributed by atoms with Gasteiger partial charge in [-0.25, -0.2) is 0 Å². The van der Waals surface area contributed by atoms with Crippen molar-refractivity contribution < 1.29 is 4.79 Å². The van der Waals surface area contributed by atoms with E-state index >= 15 is 0 Å². The molecule has 1 amide bonds.